The Morgan fingerprint density at radius 3 is 2.67 bits per heavy atom. The molecule has 0 N–H and O–H groups in total. The molecule has 7 nitrogen and oxygen atoms in total. The van der Waals surface area contributed by atoms with Crippen LogP contribution < -0.4 is 0 Å². The van der Waals surface area contributed by atoms with Gasteiger partial charge in [0.15, 0.2) is 16.6 Å². The van der Waals surface area contributed by atoms with E-state index in [-0.39, 0.29) is 6.04 Å². The molecule has 4 aromatic rings. The minimum Gasteiger partial charge on any atom is -0.299 e. The Balaban J connectivity index is 1.81. The highest BCUT2D eigenvalue weighted by Gasteiger charge is 2.21. The van der Waals surface area contributed by atoms with Crippen molar-refractivity contribution in [3.05, 3.63) is 40.8 Å². The third-order valence-electron chi connectivity index (χ3n) is 4.03. The molecule has 0 aliphatic rings. The summed E-state index contributed by atoms with van der Waals surface area (Å²) in [7, 11) is 1.85. The van der Waals surface area contributed by atoms with Gasteiger partial charge in [-0.15, -0.1) is 10.2 Å². The van der Waals surface area contributed by atoms with Gasteiger partial charge in [-0.05, 0) is 43.8 Å². The summed E-state index contributed by atoms with van der Waals surface area (Å²) >= 11 is 13.8. The Morgan fingerprint density at radius 1 is 1.11 bits per heavy atom. The SMILES string of the molecule is CC(C)n1c(Sc2ncnc3c2cnn3C)nnc1-c1ccc(Cl)cc1Cl. The standard InChI is InChI=1S/C17H15Cl2N7S/c1-9(2)26-15(11-5-4-10(18)6-13(11)19)23-24-17(26)27-16-12-7-22-25(3)14(12)20-8-21-16/h4-9H,1-3H3. The van der Waals surface area contributed by atoms with Crippen molar-refractivity contribution in [3.8, 4) is 11.4 Å². The predicted octanol–water partition coefficient (Wildman–Crippen LogP) is 4.66. The predicted molar refractivity (Wildman–Crippen MR) is 106 cm³/mol. The lowest BCUT2D eigenvalue weighted by atomic mass is 10.2. The van der Waals surface area contributed by atoms with Gasteiger partial charge in [-0.3, -0.25) is 9.25 Å². The zero-order valence-corrected chi connectivity index (χ0v) is 17.1. The van der Waals surface area contributed by atoms with E-state index < -0.39 is 0 Å². The zero-order valence-electron chi connectivity index (χ0n) is 14.8. The molecule has 10 heteroatoms. The summed E-state index contributed by atoms with van der Waals surface area (Å²) < 4.78 is 3.75. The zero-order chi connectivity index (χ0) is 19.1. The summed E-state index contributed by atoms with van der Waals surface area (Å²) in [6.45, 7) is 4.14. The van der Waals surface area contributed by atoms with Crippen LogP contribution in [0.1, 0.15) is 19.9 Å². The van der Waals surface area contributed by atoms with E-state index in [0.717, 1.165) is 26.8 Å². The molecule has 27 heavy (non-hydrogen) atoms. The molecule has 0 aliphatic carbocycles. The van der Waals surface area contributed by atoms with Crippen molar-refractivity contribution in [2.75, 3.05) is 0 Å². The number of rotatable bonds is 4. The minimum absolute atomic E-state index is 0.121. The third kappa shape index (κ3) is 3.28. The van der Waals surface area contributed by atoms with Gasteiger partial charge in [-0.2, -0.15) is 5.10 Å². The maximum Gasteiger partial charge on any atom is 0.198 e. The Labute approximate surface area is 169 Å². The fourth-order valence-electron chi connectivity index (χ4n) is 2.77. The molecule has 0 radical (unpaired) electrons. The van der Waals surface area contributed by atoms with E-state index in [4.69, 9.17) is 23.2 Å². The van der Waals surface area contributed by atoms with E-state index in [1.165, 1.54) is 18.1 Å². The molecule has 138 valence electrons. The monoisotopic (exact) mass is 419 g/mol. The van der Waals surface area contributed by atoms with Crippen LogP contribution in [0.3, 0.4) is 0 Å². The molecule has 0 aliphatic heterocycles. The van der Waals surface area contributed by atoms with Crippen LogP contribution in [0.2, 0.25) is 10.0 Å². The van der Waals surface area contributed by atoms with Crippen LogP contribution in [-0.2, 0) is 7.05 Å². The first-order valence-corrected chi connectivity index (χ1v) is 9.74. The topological polar surface area (TPSA) is 74.3 Å². The molecule has 0 bridgehead atoms. The van der Waals surface area contributed by atoms with Crippen molar-refractivity contribution in [1.82, 2.24) is 34.5 Å². The Bertz CT molecular complexity index is 1140. The molecule has 0 spiro atoms. The van der Waals surface area contributed by atoms with E-state index in [9.17, 15) is 0 Å². The second kappa shape index (κ2) is 7.10. The summed E-state index contributed by atoms with van der Waals surface area (Å²) in [5.74, 6) is 0.686. The number of fused-ring (bicyclic) bond motifs is 1. The number of hydrogen-bond acceptors (Lipinski definition) is 6. The van der Waals surface area contributed by atoms with Gasteiger partial charge < -0.3 is 0 Å². The number of halogens is 2. The largest absolute Gasteiger partial charge is 0.299 e. The Kier molecular flexibility index (Phi) is 4.79. The van der Waals surface area contributed by atoms with Crippen LogP contribution in [0, 0.1) is 0 Å². The number of aromatic nitrogens is 7. The van der Waals surface area contributed by atoms with Crippen molar-refractivity contribution in [2.45, 2.75) is 30.1 Å². The summed E-state index contributed by atoms with van der Waals surface area (Å²) in [5, 5.41) is 16.5. The van der Waals surface area contributed by atoms with Crippen molar-refractivity contribution in [3.63, 3.8) is 0 Å². The Hall–Kier alpha value is -2.16. The molecular weight excluding hydrogens is 405 g/mol. The third-order valence-corrected chi connectivity index (χ3v) is 5.56. The molecule has 0 amide bonds. The molecule has 0 fully saturated rings. The van der Waals surface area contributed by atoms with Crippen LogP contribution in [0.25, 0.3) is 22.4 Å². The summed E-state index contributed by atoms with van der Waals surface area (Å²) in [6, 6.07) is 5.47. The highest BCUT2D eigenvalue weighted by atomic mass is 35.5. The lowest BCUT2D eigenvalue weighted by Gasteiger charge is -2.14. The van der Waals surface area contributed by atoms with Gasteiger partial charge in [-0.25, -0.2) is 9.97 Å². The average Bonchev–Trinajstić information content (AvgIpc) is 3.20. The Morgan fingerprint density at radius 2 is 1.93 bits per heavy atom. The molecule has 3 heterocycles. The number of benzene rings is 1. The highest BCUT2D eigenvalue weighted by Crippen LogP contribution is 2.36. The molecule has 0 atom stereocenters. The first-order valence-electron chi connectivity index (χ1n) is 8.16. The van der Waals surface area contributed by atoms with Crippen LogP contribution in [0.4, 0.5) is 0 Å². The lowest BCUT2D eigenvalue weighted by molar-refractivity contribution is 0.555. The molecule has 4 rings (SSSR count). The summed E-state index contributed by atoms with van der Waals surface area (Å²) in [5.41, 5.74) is 1.55. The molecule has 0 unspecified atom stereocenters. The van der Waals surface area contributed by atoms with Crippen molar-refractivity contribution < 1.29 is 0 Å². The fraction of sp³-hybridized carbons (Fsp3) is 0.235. The molecule has 3 aromatic heterocycles. The van der Waals surface area contributed by atoms with Gasteiger partial charge in [0.05, 0.1) is 16.6 Å². The van der Waals surface area contributed by atoms with Gasteiger partial charge >= 0.3 is 0 Å². The van der Waals surface area contributed by atoms with Crippen molar-refractivity contribution in [2.24, 2.45) is 7.05 Å². The van der Waals surface area contributed by atoms with E-state index >= 15 is 0 Å². The maximum absolute atomic E-state index is 6.39. The van der Waals surface area contributed by atoms with E-state index in [2.05, 4.69) is 39.1 Å². The van der Waals surface area contributed by atoms with Gasteiger partial charge in [0, 0.05) is 23.7 Å². The van der Waals surface area contributed by atoms with Crippen LogP contribution >= 0.6 is 35.0 Å². The highest BCUT2D eigenvalue weighted by molar-refractivity contribution is 7.99. The number of aryl methyl sites for hydroxylation is 1. The summed E-state index contributed by atoms with van der Waals surface area (Å²) in [6.07, 6.45) is 3.28. The summed E-state index contributed by atoms with van der Waals surface area (Å²) in [4.78, 5) is 8.68. The van der Waals surface area contributed by atoms with Crippen LogP contribution in [-0.4, -0.2) is 34.5 Å². The van der Waals surface area contributed by atoms with E-state index in [0.29, 0.717) is 15.9 Å². The van der Waals surface area contributed by atoms with Gasteiger partial charge in [0.1, 0.15) is 11.4 Å². The van der Waals surface area contributed by atoms with Gasteiger partial charge in [0.2, 0.25) is 0 Å². The molecule has 0 saturated carbocycles. The smallest absolute Gasteiger partial charge is 0.198 e. The van der Waals surface area contributed by atoms with Crippen molar-refractivity contribution in [1.29, 1.82) is 0 Å². The van der Waals surface area contributed by atoms with Crippen LogP contribution in [0.5, 0.6) is 0 Å². The average molecular weight is 420 g/mol. The van der Waals surface area contributed by atoms with Gasteiger partial charge in [0.25, 0.3) is 0 Å². The van der Waals surface area contributed by atoms with Crippen LogP contribution in [0.15, 0.2) is 40.9 Å². The normalized spacial score (nSPS) is 11.6. The first kappa shape index (κ1) is 18.2. The molecule has 1 aromatic carbocycles. The lowest BCUT2D eigenvalue weighted by Crippen LogP contribution is -2.05. The quantitative estimate of drug-likeness (QED) is 0.447. The number of nitrogens with zero attached hydrogens (tertiary/aromatic N) is 7. The first-order chi connectivity index (χ1) is 13.0. The minimum atomic E-state index is 0.121. The molecule has 0 saturated heterocycles. The molecular formula is C17H15Cl2N7S. The second-order valence-corrected chi connectivity index (χ2v) is 7.98. The van der Waals surface area contributed by atoms with Crippen molar-refractivity contribution >= 4 is 46.0 Å². The maximum atomic E-state index is 6.39. The van der Waals surface area contributed by atoms with E-state index in [1.54, 1.807) is 23.0 Å². The number of hydrogen-bond donors (Lipinski definition) is 0. The van der Waals surface area contributed by atoms with E-state index in [1.807, 2.05) is 17.7 Å². The van der Waals surface area contributed by atoms with Gasteiger partial charge in [-0.1, -0.05) is 23.2 Å². The second-order valence-electron chi connectivity index (χ2n) is 6.18. The fourth-order valence-corrected chi connectivity index (χ4v) is 4.27.